The van der Waals surface area contributed by atoms with Gasteiger partial charge in [0.15, 0.2) is 10.8 Å². The molecule has 0 aliphatic carbocycles. The summed E-state index contributed by atoms with van der Waals surface area (Å²) in [5, 5.41) is 0.889. The number of hydrogen-bond donors (Lipinski definition) is 0. The highest BCUT2D eigenvalue weighted by Crippen LogP contribution is 2.34. The van der Waals surface area contributed by atoms with Crippen molar-refractivity contribution in [2.45, 2.75) is 39.7 Å². The Morgan fingerprint density at radius 2 is 2.10 bits per heavy atom. The SMILES string of the molecule is C[C@H]1CC=C(c2ccc3sc(-c4nccn4C)nc3c2)N(C(=O)OC(C)(C)C)C1. The van der Waals surface area contributed by atoms with Gasteiger partial charge in [-0.2, -0.15) is 0 Å². The fraction of sp³-hybridized carbons (Fsp3) is 0.409. The van der Waals surface area contributed by atoms with Gasteiger partial charge in [-0.05, 0) is 45.2 Å². The van der Waals surface area contributed by atoms with Crippen molar-refractivity contribution in [3.63, 3.8) is 0 Å². The van der Waals surface area contributed by atoms with Gasteiger partial charge in [0.05, 0.1) is 15.9 Å². The van der Waals surface area contributed by atoms with E-state index in [9.17, 15) is 4.79 Å². The molecule has 2 aromatic heterocycles. The van der Waals surface area contributed by atoms with Gasteiger partial charge in [-0.15, -0.1) is 11.3 Å². The maximum atomic E-state index is 12.8. The van der Waals surface area contributed by atoms with E-state index in [4.69, 9.17) is 9.72 Å². The Morgan fingerprint density at radius 3 is 2.79 bits per heavy atom. The van der Waals surface area contributed by atoms with E-state index in [1.807, 2.05) is 38.6 Å². The summed E-state index contributed by atoms with van der Waals surface area (Å²) in [5.74, 6) is 1.25. The third kappa shape index (κ3) is 4.05. The second-order valence-corrected chi connectivity index (χ2v) is 9.62. The molecule has 1 aliphatic rings. The highest BCUT2D eigenvalue weighted by Gasteiger charge is 2.29. The van der Waals surface area contributed by atoms with Crippen LogP contribution in [0.25, 0.3) is 26.7 Å². The van der Waals surface area contributed by atoms with E-state index in [-0.39, 0.29) is 6.09 Å². The molecule has 6 nitrogen and oxygen atoms in total. The lowest BCUT2D eigenvalue weighted by Gasteiger charge is -2.33. The molecule has 0 spiro atoms. The van der Waals surface area contributed by atoms with Crippen molar-refractivity contribution in [2.24, 2.45) is 13.0 Å². The summed E-state index contributed by atoms with van der Waals surface area (Å²) >= 11 is 1.62. The van der Waals surface area contributed by atoms with Crippen LogP contribution in [0.4, 0.5) is 4.79 Å². The molecule has 0 saturated carbocycles. The molecule has 3 aromatic rings. The second kappa shape index (κ2) is 7.30. The lowest BCUT2D eigenvalue weighted by molar-refractivity contribution is 0.0327. The number of aryl methyl sites for hydroxylation is 1. The zero-order valence-corrected chi connectivity index (χ0v) is 18.3. The Labute approximate surface area is 174 Å². The first-order valence-corrected chi connectivity index (χ1v) is 10.6. The molecule has 0 unspecified atom stereocenters. The van der Waals surface area contributed by atoms with Gasteiger partial charge >= 0.3 is 6.09 Å². The molecule has 29 heavy (non-hydrogen) atoms. The first-order chi connectivity index (χ1) is 13.7. The molecule has 1 amide bonds. The van der Waals surface area contributed by atoms with Gasteiger partial charge in [0.25, 0.3) is 0 Å². The summed E-state index contributed by atoms with van der Waals surface area (Å²) in [4.78, 5) is 23.8. The Kier molecular flexibility index (Phi) is 4.94. The predicted molar refractivity (Wildman–Crippen MR) is 117 cm³/mol. The molecule has 4 rings (SSSR count). The lowest BCUT2D eigenvalue weighted by atomic mass is 9.98. The van der Waals surface area contributed by atoms with Crippen LogP contribution >= 0.6 is 11.3 Å². The van der Waals surface area contributed by atoms with Gasteiger partial charge in [-0.25, -0.2) is 14.8 Å². The van der Waals surface area contributed by atoms with Crippen LogP contribution in [0.3, 0.4) is 0 Å². The minimum Gasteiger partial charge on any atom is -0.443 e. The fourth-order valence-corrected chi connectivity index (χ4v) is 4.41. The molecule has 0 N–H and O–H groups in total. The number of carbonyl (C=O) groups excluding carboxylic acids is 1. The highest BCUT2D eigenvalue weighted by atomic mass is 32.1. The normalized spacial score (nSPS) is 17.5. The van der Waals surface area contributed by atoms with Crippen LogP contribution in [0.2, 0.25) is 0 Å². The minimum absolute atomic E-state index is 0.303. The smallest absolute Gasteiger partial charge is 0.414 e. The number of thiazole rings is 1. The lowest BCUT2D eigenvalue weighted by Crippen LogP contribution is -2.39. The molecular formula is C22H26N4O2S. The number of carbonyl (C=O) groups is 1. The number of allylic oxidation sites excluding steroid dienone is 1. The third-order valence-electron chi connectivity index (χ3n) is 4.81. The summed E-state index contributed by atoms with van der Waals surface area (Å²) in [5.41, 5.74) is 2.26. The molecule has 3 heterocycles. The summed E-state index contributed by atoms with van der Waals surface area (Å²) in [7, 11) is 1.96. The van der Waals surface area contributed by atoms with Crippen LogP contribution in [-0.2, 0) is 11.8 Å². The van der Waals surface area contributed by atoms with Crippen LogP contribution in [-0.4, -0.2) is 37.7 Å². The quantitative estimate of drug-likeness (QED) is 0.574. The Hall–Kier alpha value is -2.67. The maximum Gasteiger partial charge on any atom is 0.414 e. The molecule has 0 saturated heterocycles. The van der Waals surface area contributed by atoms with Crippen molar-refractivity contribution in [1.82, 2.24) is 19.4 Å². The zero-order valence-electron chi connectivity index (χ0n) is 17.5. The van der Waals surface area contributed by atoms with Crippen LogP contribution in [0.5, 0.6) is 0 Å². The van der Waals surface area contributed by atoms with Crippen molar-refractivity contribution in [1.29, 1.82) is 0 Å². The molecule has 1 aromatic carbocycles. The first-order valence-electron chi connectivity index (χ1n) is 9.80. The summed E-state index contributed by atoms with van der Waals surface area (Å²) < 4.78 is 8.72. The van der Waals surface area contributed by atoms with Crippen LogP contribution in [0.15, 0.2) is 36.7 Å². The van der Waals surface area contributed by atoms with E-state index < -0.39 is 5.60 Å². The number of hydrogen-bond acceptors (Lipinski definition) is 5. The molecule has 0 radical (unpaired) electrons. The summed E-state index contributed by atoms with van der Waals surface area (Å²) in [6.45, 7) is 8.47. The molecule has 152 valence electrons. The summed E-state index contributed by atoms with van der Waals surface area (Å²) in [6, 6.07) is 6.18. The van der Waals surface area contributed by atoms with E-state index in [2.05, 4.69) is 36.2 Å². The molecule has 7 heteroatoms. The average molecular weight is 411 g/mol. The van der Waals surface area contributed by atoms with E-state index >= 15 is 0 Å². The van der Waals surface area contributed by atoms with Gasteiger partial charge in [0.2, 0.25) is 0 Å². The van der Waals surface area contributed by atoms with Gasteiger partial charge < -0.3 is 9.30 Å². The molecule has 1 aliphatic heterocycles. The number of nitrogens with zero attached hydrogens (tertiary/aromatic N) is 4. The Bertz CT molecular complexity index is 1090. The monoisotopic (exact) mass is 410 g/mol. The second-order valence-electron chi connectivity index (χ2n) is 8.58. The first kappa shape index (κ1) is 19.6. The van der Waals surface area contributed by atoms with E-state index in [1.54, 1.807) is 22.4 Å². The number of imidazole rings is 1. The fourth-order valence-electron chi connectivity index (χ4n) is 3.43. The van der Waals surface area contributed by atoms with Gasteiger partial charge in [-0.1, -0.05) is 19.1 Å². The topological polar surface area (TPSA) is 60.2 Å². The summed E-state index contributed by atoms with van der Waals surface area (Å²) in [6.07, 6.45) is 6.45. The van der Waals surface area contributed by atoms with Crippen molar-refractivity contribution < 1.29 is 9.53 Å². The van der Waals surface area contributed by atoms with Gasteiger partial charge in [0.1, 0.15) is 5.60 Å². The maximum absolute atomic E-state index is 12.8. The number of rotatable bonds is 2. The molecule has 0 bridgehead atoms. The number of benzene rings is 1. The van der Waals surface area contributed by atoms with Crippen LogP contribution in [0, 0.1) is 5.92 Å². The molecule has 1 atom stereocenters. The average Bonchev–Trinajstić information content (AvgIpc) is 3.25. The van der Waals surface area contributed by atoms with Crippen molar-refractivity contribution in [2.75, 3.05) is 6.54 Å². The van der Waals surface area contributed by atoms with Crippen LogP contribution < -0.4 is 0 Å². The standard InChI is InChI=1S/C22H26N4O2S/c1-14-6-8-17(26(13-14)21(27)28-22(2,3)4)15-7-9-18-16(12-15)24-20(29-18)19-23-10-11-25(19)5/h7-12,14H,6,13H2,1-5H3/t14-/m0/s1. The van der Waals surface area contributed by atoms with Crippen LogP contribution in [0.1, 0.15) is 39.7 Å². The van der Waals surface area contributed by atoms with E-state index in [0.717, 1.165) is 38.7 Å². The molecular weight excluding hydrogens is 384 g/mol. The Morgan fingerprint density at radius 1 is 1.31 bits per heavy atom. The predicted octanol–water partition coefficient (Wildman–Crippen LogP) is 5.31. The minimum atomic E-state index is -0.529. The molecule has 0 fully saturated rings. The number of ether oxygens (including phenoxy) is 1. The number of aromatic nitrogens is 3. The van der Waals surface area contributed by atoms with E-state index in [0.29, 0.717) is 12.5 Å². The largest absolute Gasteiger partial charge is 0.443 e. The van der Waals surface area contributed by atoms with Crippen molar-refractivity contribution >= 4 is 33.3 Å². The van der Waals surface area contributed by atoms with Crippen molar-refractivity contribution in [3.05, 3.63) is 42.2 Å². The van der Waals surface area contributed by atoms with Gasteiger partial charge in [0, 0.05) is 31.5 Å². The highest BCUT2D eigenvalue weighted by molar-refractivity contribution is 7.21. The number of amides is 1. The zero-order chi connectivity index (χ0) is 20.8. The van der Waals surface area contributed by atoms with Gasteiger partial charge in [-0.3, -0.25) is 4.90 Å². The van der Waals surface area contributed by atoms with E-state index in [1.165, 1.54) is 0 Å². The van der Waals surface area contributed by atoms with Crippen molar-refractivity contribution in [3.8, 4) is 10.8 Å². The Balaban J connectivity index is 1.70. The number of fused-ring (bicyclic) bond motifs is 1. The third-order valence-corrected chi connectivity index (χ3v) is 5.84.